The molecule has 7 heteroatoms. The Hall–Kier alpha value is -1.86. The number of hydrogen-bond donors (Lipinski definition) is 2. The summed E-state index contributed by atoms with van der Waals surface area (Å²) in [5.74, 6) is 5.85. The number of nitrogens with one attached hydrogen (secondary N) is 1. The van der Waals surface area contributed by atoms with Gasteiger partial charge in [-0.2, -0.15) is 0 Å². The Balaban J connectivity index is 2.60. The van der Waals surface area contributed by atoms with E-state index in [9.17, 15) is 10.1 Å². The smallest absolute Gasteiger partial charge is 0.335 e. The number of nitrogen functional groups attached to an aromatic ring is 1. The van der Waals surface area contributed by atoms with Crippen LogP contribution < -0.4 is 16.0 Å². The van der Waals surface area contributed by atoms with E-state index in [1.807, 2.05) is 13.8 Å². The van der Waals surface area contributed by atoms with E-state index in [4.69, 9.17) is 15.3 Å². The van der Waals surface area contributed by atoms with Crippen LogP contribution in [0.4, 0.5) is 11.4 Å². The average molecular weight is 269 g/mol. The summed E-state index contributed by atoms with van der Waals surface area (Å²) in [5.41, 5.74) is 2.32. The molecule has 0 atom stereocenters. The molecule has 0 aliphatic carbocycles. The zero-order chi connectivity index (χ0) is 14.3. The lowest BCUT2D eigenvalue weighted by atomic mass is 10.2. The molecule has 0 aromatic heterocycles. The van der Waals surface area contributed by atoms with E-state index in [1.54, 1.807) is 6.07 Å². The molecule has 1 aromatic carbocycles. The summed E-state index contributed by atoms with van der Waals surface area (Å²) in [6.45, 7) is 5.36. The second-order valence-corrected chi connectivity index (χ2v) is 4.37. The van der Waals surface area contributed by atoms with E-state index in [1.165, 1.54) is 12.1 Å². The number of nitrogens with zero attached hydrogens (tertiary/aromatic N) is 1. The van der Waals surface area contributed by atoms with Crippen LogP contribution in [0.2, 0.25) is 0 Å². The van der Waals surface area contributed by atoms with Crippen LogP contribution in [0.3, 0.4) is 0 Å². The topological polar surface area (TPSA) is 99.7 Å². The number of anilines is 1. The fourth-order valence-corrected chi connectivity index (χ4v) is 1.47. The first-order valence-corrected chi connectivity index (χ1v) is 6.00. The van der Waals surface area contributed by atoms with Crippen LogP contribution in [-0.2, 0) is 4.74 Å². The maximum Gasteiger partial charge on any atom is 0.335 e. The Morgan fingerprint density at radius 3 is 2.74 bits per heavy atom. The van der Waals surface area contributed by atoms with Gasteiger partial charge in [0.25, 0.3) is 0 Å². The van der Waals surface area contributed by atoms with Gasteiger partial charge in [0.15, 0.2) is 5.75 Å². The monoisotopic (exact) mass is 269 g/mol. The maximum absolute atomic E-state index is 11.0. The van der Waals surface area contributed by atoms with Gasteiger partial charge in [-0.25, -0.2) is 0 Å². The Morgan fingerprint density at radius 2 is 2.16 bits per heavy atom. The Morgan fingerprint density at radius 1 is 1.42 bits per heavy atom. The summed E-state index contributed by atoms with van der Waals surface area (Å²) < 4.78 is 10.7. The number of rotatable bonds is 8. The third-order valence-electron chi connectivity index (χ3n) is 2.27. The van der Waals surface area contributed by atoms with Crippen LogP contribution in [0.15, 0.2) is 18.2 Å². The predicted molar refractivity (Wildman–Crippen MR) is 72.1 cm³/mol. The molecule has 0 spiro atoms. The molecule has 0 unspecified atom stereocenters. The highest BCUT2D eigenvalue weighted by atomic mass is 16.6. The second-order valence-electron chi connectivity index (χ2n) is 4.37. The van der Waals surface area contributed by atoms with Gasteiger partial charge in [0.2, 0.25) is 0 Å². The largest absolute Gasteiger partial charge is 0.484 e. The van der Waals surface area contributed by atoms with Crippen molar-refractivity contribution in [1.82, 2.24) is 0 Å². The zero-order valence-corrected chi connectivity index (χ0v) is 11.1. The highest BCUT2D eigenvalue weighted by Gasteiger charge is 2.20. The van der Waals surface area contributed by atoms with Crippen molar-refractivity contribution in [2.45, 2.75) is 13.8 Å². The number of nitro groups is 1. The molecule has 0 aliphatic rings. The van der Waals surface area contributed by atoms with E-state index < -0.39 is 4.92 Å². The standard InChI is InChI=1S/C12H19N3O4/c1-9(2)8-18-6-7-19-11-5-3-4-10(14-13)12(11)15(16)17/h3-5,9,14H,6-8,13H2,1-2H3. The number of hydrazine groups is 1. The molecule has 1 aromatic rings. The third kappa shape index (κ3) is 4.72. The van der Waals surface area contributed by atoms with Gasteiger partial charge in [-0.1, -0.05) is 19.9 Å². The molecule has 0 heterocycles. The Kier molecular flexibility index (Phi) is 6.04. The van der Waals surface area contributed by atoms with E-state index in [-0.39, 0.29) is 23.7 Å². The third-order valence-corrected chi connectivity index (χ3v) is 2.27. The summed E-state index contributed by atoms with van der Waals surface area (Å²) in [6.07, 6.45) is 0. The predicted octanol–water partition coefficient (Wildman–Crippen LogP) is 1.93. The number of nitro benzene ring substituents is 1. The van der Waals surface area contributed by atoms with Gasteiger partial charge in [-0.3, -0.25) is 16.0 Å². The normalized spacial score (nSPS) is 10.5. The van der Waals surface area contributed by atoms with Crippen molar-refractivity contribution in [2.75, 3.05) is 25.2 Å². The van der Waals surface area contributed by atoms with Crippen molar-refractivity contribution < 1.29 is 14.4 Å². The SMILES string of the molecule is CC(C)COCCOc1cccc(NN)c1[N+](=O)[O-]. The van der Waals surface area contributed by atoms with Gasteiger partial charge in [0.05, 0.1) is 11.5 Å². The van der Waals surface area contributed by atoms with Crippen LogP contribution in [0, 0.1) is 16.0 Å². The molecule has 0 amide bonds. The van der Waals surface area contributed by atoms with Gasteiger partial charge >= 0.3 is 5.69 Å². The van der Waals surface area contributed by atoms with Crippen LogP contribution in [-0.4, -0.2) is 24.7 Å². The molecule has 7 nitrogen and oxygen atoms in total. The highest BCUT2D eigenvalue weighted by Crippen LogP contribution is 2.33. The lowest BCUT2D eigenvalue weighted by molar-refractivity contribution is -0.385. The molecular weight excluding hydrogens is 250 g/mol. The van der Waals surface area contributed by atoms with Crippen LogP contribution >= 0.6 is 0 Å². The fourth-order valence-electron chi connectivity index (χ4n) is 1.47. The van der Waals surface area contributed by atoms with Crippen LogP contribution in [0.25, 0.3) is 0 Å². The molecule has 19 heavy (non-hydrogen) atoms. The number of hydrogen-bond acceptors (Lipinski definition) is 6. The summed E-state index contributed by atoms with van der Waals surface area (Å²) in [5, 5.41) is 11.0. The van der Waals surface area contributed by atoms with Gasteiger partial charge < -0.3 is 14.9 Å². The summed E-state index contributed by atoms with van der Waals surface area (Å²) >= 11 is 0. The minimum atomic E-state index is -0.528. The van der Waals surface area contributed by atoms with E-state index in [2.05, 4.69) is 5.43 Å². The molecule has 106 valence electrons. The second kappa shape index (κ2) is 7.55. The van der Waals surface area contributed by atoms with Crippen molar-refractivity contribution in [3.8, 4) is 5.75 Å². The molecule has 1 rings (SSSR count). The van der Waals surface area contributed by atoms with Gasteiger partial charge in [-0.05, 0) is 18.1 Å². The fraction of sp³-hybridized carbons (Fsp3) is 0.500. The molecule has 0 saturated heterocycles. The quantitative estimate of drug-likeness (QED) is 0.324. The summed E-state index contributed by atoms with van der Waals surface area (Å²) in [7, 11) is 0. The molecule has 3 N–H and O–H groups in total. The maximum atomic E-state index is 11.0. The van der Waals surface area contributed by atoms with Crippen LogP contribution in [0.1, 0.15) is 13.8 Å². The number of para-hydroxylation sites is 1. The lowest BCUT2D eigenvalue weighted by Crippen LogP contribution is -2.12. The molecule has 0 bridgehead atoms. The van der Waals surface area contributed by atoms with Gasteiger partial charge in [0, 0.05) is 6.61 Å². The van der Waals surface area contributed by atoms with Crippen molar-refractivity contribution in [3.63, 3.8) is 0 Å². The Bertz CT molecular complexity index is 423. The molecule has 0 fully saturated rings. The molecular formula is C12H19N3O4. The number of ether oxygens (including phenoxy) is 2. The van der Waals surface area contributed by atoms with Crippen molar-refractivity contribution >= 4 is 11.4 Å². The molecule has 0 saturated carbocycles. The zero-order valence-electron chi connectivity index (χ0n) is 11.1. The molecule has 0 aliphatic heterocycles. The van der Waals surface area contributed by atoms with E-state index in [0.29, 0.717) is 19.1 Å². The Labute approximate surface area is 111 Å². The number of benzene rings is 1. The van der Waals surface area contributed by atoms with Gasteiger partial charge in [-0.15, -0.1) is 0 Å². The average Bonchev–Trinajstić information content (AvgIpc) is 2.37. The number of nitrogens with two attached hydrogens (primary N) is 1. The first kappa shape index (κ1) is 15.2. The minimum absolute atomic E-state index is 0.172. The van der Waals surface area contributed by atoms with Crippen molar-refractivity contribution in [3.05, 3.63) is 28.3 Å². The van der Waals surface area contributed by atoms with Crippen molar-refractivity contribution in [2.24, 2.45) is 11.8 Å². The summed E-state index contributed by atoms with van der Waals surface area (Å²) in [4.78, 5) is 10.5. The van der Waals surface area contributed by atoms with Crippen molar-refractivity contribution in [1.29, 1.82) is 0 Å². The van der Waals surface area contributed by atoms with E-state index >= 15 is 0 Å². The minimum Gasteiger partial charge on any atom is -0.484 e. The van der Waals surface area contributed by atoms with Gasteiger partial charge in [0.1, 0.15) is 12.3 Å². The first-order chi connectivity index (χ1) is 9.06. The highest BCUT2D eigenvalue weighted by molar-refractivity contribution is 5.67. The summed E-state index contributed by atoms with van der Waals surface area (Å²) in [6, 6.07) is 4.67. The first-order valence-electron chi connectivity index (χ1n) is 6.00. The van der Waals surface area contributed by atoms with Crippen LogP contribution in [0.5, 0.6) is 5.75 Å². The lowest BCUT2D eigenvalue weighted by Gasteiger charge is -2.10. The molecule has 0 radical (unpaired) electrons. The van der Waals surface area contributed by atoms with E-state index in [0.717, 1.165) is 0 Å².